The van der Waals surface area contributed by atoms with E-state index < -0.39 is 0 Å². The van der Waals surface area contributed by atoms with Gasteiger partial charge in [0.15, 0.2) is 5.16 Å². The molecule has 2 aliphatic rings. The van der Waals surface area contributed by atoms with E-state index in [0.29, 0.717) is 22.3 Å². The molecule has 0 unspecified atom stereocenters. The van der Waals surface area contributed by atoms with Crippen LogP contribution in [0.25, 0.3) is 0 Å². The topological polar surface area (TPSA) is 93.0 Å². The number of carbonyl (C=O) groups is 1. The summed E-state index contributed by atoms with van der Waals surface area (Å²) in [5, 5.41) is 3.51. The van der Waals surface area contributed by atoms with Gasteiger partial charge < -0.3 is 10.2 Å². The molecule has 136 valence electrons. The lowest BCUT2D eigenvalue weighted by molar-refractivity contribution is -0.116. The van der Waals surface area contributed by atoms with Crippen LogP contribution in [-0.2, 0) is 4.79 Å². The molecule has 9 heteroatoms. The highest BCUT2D eigenvalue weighted by atomic mass is 32.2. The van der Waals surface area contributed by atoms with Crippen LogP contribution in [0.2, 0.25) is 0 Å². The van der Waals surface area contributed by atoms with E-state index in [1.807, 2.05) is 0 Å². The van der Waals surface area contributed by atoms with Crippen LogP contribution in [0.5, 0.6) is 0 Å². The number of hydrogen-bond acceptors (Lipinski definition) is 7. The summed E-state index contributed by atoms with van der Waals surface area (Å²) in [6.45, 7) is 3.70. The van der Waals surface area contributed by atoms with Crippen LogP contribution in [0.3, 0.4) is 0 Å². The first-order chi connectivity index (χ1) is 12.6. The van der Waals surface area contributed by atoms with Gasteiger partial charge >= 0.3 is 0 Å². The molecule has 0 aromatic carbocycles. The van der Waals surface area contributed by atoms with E-state index in [-0.39, 0.29) is 23.9 Å². The van der Waals surface area contributed by atoms with Crippen LogP contribution < -0.4 is 15.8 Å². The summed E-state index contributed by atoms with van der Waals surface area (Å²) >= 11 is 1.51. The van der Waals surface area contributed by atoms with Crippen LogP contribution in [0.1, 0.15) is 30.9 Å². The molecular formula is C17H20N6O2S. The third-order valence-electron chi connectivity index (χ3n) is 4.67. The molecule has 0 saturated carbocycles. The summed E-state index contributed by atoms with van der Waals surface area (Å²) < 4.78 is 1.63. The Morgan fingerprint density at radius 1 is 1.31 bits per heavy atom. The van der Waals surface area contributed by atoms with Gasteiger partial charge in [-0.2, -0.15) is 0 Å². The van der Waals surface area contributed by atoms with Gasteiger partial charge in [-0.25, -0.2) is 15.0 Å². The average molecular weight is 372 g/mol. The summed E-state index contributed by atoms with van der Waals surface area (Å²) in [5.41, 5.74) is 0.517. The lowest BCUT2D eigenvalue weighted by atomic mass is 10.2. The largest absolute Gasteiger partial charge is 0.356 e. The Morgan fingerprint density at radius 3 is 2.92 bits per heavy atom. The molecule has 0 aliphatic carbocycles. The summed E-state index contributed by atoms with van der Waals surface area (Å²) in [5.74, 6) is 1.84. The second kappa shape index (κ2) is 7.06. The zero-order valence-electron chi connectivity index (χ0n) is 14.5. The standard InChI is InChI=1S/C17H20N6O2S/c1-11-8-18-17-23(16(11)25)12(9-26-17)6-15(24)21-13-7-14(20-10-19-13)22-4-2-3-5-22/h7-8,10,12H,2-6,9H2,1H3,(H,19,20,21,24)/t12-/m0/s1. The van der Waals surface area contributed by atoms with Crippen molar-refractivity contribution in [3.05, 3.63) is 34.5 Å². The second-order valence-corrected chi connectivity index (χ2v) is 7.56. The smallest absolute Gasteiger partial charge is 0.257 e. The molecule has 1 atom stereocenters. The van der Waals surface area contributed by atoms with Crippen molar-refractivity contribution in [3.8, 4) is 0 Å². The summed E-state index contributed by atoms with van der Waals surface area (Å²) in [6, 6.07) is 1.62. The number of nitrogens with one attached hydrogen (secondary N) is 1. The first-order valence-electron chi connectivity index (χ1n) is 8.69. The van der Waals surface area contributed by atoms with E-state index in [2.05, 4.69) is 25.2 Å². The van der Waals surface area contributed by atoms with Gasteiger partial charge in [0.05, 0.1) is 6.04 Å². The van der Waals surface area contributed by atoms with Crippen molar-refractivity contribution in [3.63, 3.8) is 0 Å². The highest BCUT2D eigenvalue weighted by molar-refractivity contribution is 7.99. The fourth-order valence-electron chi connectivity index (χ4n) is 3.31. The fourth-order valence-corrected chi connectivity index (χ4v) is 4.42. The third kappa shape index (κ3) is 3.31. The number of aryl methyl sites for hydroxylation is 1. The number of carbonyl (C=O) groups excluding carboxylic acids is 1. The number of rotatable bonds is 4. The van der Waals surface area contributed by atoms with Gasteiger partial charge in [0.2, 0.25) is 5.91 Å². The predicted octanol–water partition coefficient (Wildman–Crippen LogP) is 1.62. The average Bonchev–Trinajstić information content (AvgIpc) is 3.29. The Hall–Kier alpha value is -2.42. The van der Waals surface area contributed by atoms with Gasteiger partial charge in [-0.3, -0.25) is 14.2 Å². The van der Waals surface area contributed by atoms with Crippen molar-refractivity contribution in [1.82, 2.24) is 19.5 Å². The quantitative estimate of drug-likeness (QED) is 0.815. The monoisotopic (exact) mass is 372 g/mol. The summed E-state index contributed by atoms with van der Waals surface area (Å²) in [4.78, 5) is 39.7. The maximum atomic E-state index is 12.5. The van der Waals surface area contributed by atoms with E-state index in [4.69, 9.17) is 0 Å². The SMILES string of the molecule is Cc1cnc2n(c1=O)[C@@H](CC(=O)Nc1cc(N3CCCC3)ncn1)CS2. The van der Waals surface area contributed by atoms with Gasteiger partial charge in [0.1, 0.15) is 18.0 Å². The summed E-state index contributed by atoms with van der Waals surface area (Å²) in [7, 11) is 0. The lowest BCUT2D eigenvalue weighted by Crippen LogP contribution is -2.29. The Bertz CT molecular complexity index is 893. The van der Waals surface area contributed by atoms with Crippen molar-refractivity contribution in [2.45, 2.75) is 37.4 Å². The van der Waals surface area contributed by atoms with Crippen molar-refractivity contribution >= 4 is 29.3 Å². The Balaban J connectivity index is 1.45. The van der Waals surface area contributed by atoms with Crippen molar-refractivity contribution in [2.24, 2.45) is 0 Å². The van der Waals surface area contributed by atoms with Gasteiger partial charge in [-0.1, -0.05) is 11.8 Å². The highest BCUT2D eigenvalue weighted by Gasteiger charge is 2.27. The number of anilines is 2. The first kappa shape index (κ1) is 17.0. The third-order valence-corrected chi connectivity index (χ3v) is 5.78. The molecule has 1 amide bonds. The van der Waals surface area contributed by atoms with Gasteiger partial charge in [0, 0.05) is 43.1 Å². The van der Waals surface area contributed by atoms with Crippen LogP contribution in [0.4, 0.5) is 11.6 Å². The molecule has 1 saturated heterocycles. The number of amides is 1. The van der Waals surface area contributed by atoms with Gasteiger partial charge in [0.25, 0.3) is 5.56 Å². The maximum Gasteiger partial charge on any atom is 0.257 e. The molecule has 2 aromatic rings. The van der Waals surface area contributed by atoms with Gasteiger partial charge in [-0.05, 0) is 19.8 Å². The van der Waals surface area contributed by atoms with Crippen molar-refractivity contribution in [1.29, 1.82) is 0 Å². The highest BCUT2D eigenvalue weighted by Crippen LogP contribution is 2.32. The minimum atomic E-state index is -0.185. The number of aromatic nitrogens is 4. The predicted molar refractivity (Wildman–Crippen MR) is 99.7 cm³/mol. The lowest BCUT2D eigenvalue weighted by Gasteiger charge is -2.17. The Labute approximate surface area is 155 Å². The molecule has 26 heavy (non-hydrogen) atoms. The maximum absolute atomic E-state index is 12.5. The van der Waals surface area contributed by atoms with Gasteiger partial charge in [-0.15, -0.1) is 0 Å². The number of fused-ring (bicyclic) bond motifs is 1. The number of hydrogen-bond donors (Lipinski definition) is 1. The molecule has 1 N–H and O–H groups in total. The molecule has 8 nitrogen and oxygen atoms in total. The molecule has 4 heterocycles. The molecule has 1 fully saturated rings. The van der Waals surface area contributed by atoms with Crippen LogP contribution in [0, 0.1) is 6.92 Å². The minimum absolute atomic E-state index is 0.0730. The molecule has 2 aromatic heterocycles. The Kier molecular flexibility index (Phi) is 4.62. The number of nitrogens with zero attached hydrogens (tertiary/aromatic N) is 5. The van der Waals surface area contributed by atoms with Crippen molar-refractivity contribution < 1.29 is 4.79 Å². The molecule has 4 rings (SSSR count). The van der Waals surface area contributed by atoms with E-state index in [1.54, 1.807) is 23.8 Å². The van der Waals surface area contributed by atoms with Crippen molar-refractivity contribution in [2.75, 3.05) is 29.1 Å². The van der Waals surface area contributed by atoms with Crippen LogP contribution in [0.15, 0.2) is 28.5 Å². The fraction of sp³-hybridized carbons (Fsp3) is 0.471. The summed E-state index contributed by atoms with van der Waals surface area (Å²) in [6.07, 6.45) is 5.60. The van der Waals surface area contributed by atoms with E-state index in [0.717, 1.165) is 31.7 Å². The molecular weight excluding hydrogens is 352 g/mol. The van der Waals surface area contributed by atoms with E-state index in [9.17, 15) is 9.59 Å². The molecule has 0 spiro atoms. The zero-order chi connectivity index (χ0) is 18.1. The van der Waals surface area contributed by atoms with Crippen LogP contribution >= 0.6 is 11.8 Å². The Morgan fingerprint density at radius 2 is 2.12 bits per heavy atom. The molecule has 0 bridgehead atoms. The first-order valence-corrected chi connectivity index (χ1v) is 9.68. The zero-order valence-corrected chi connectivity index (χ0v) is 15.3. The molecule has 0 radical (unpaired) electrons. The van der Waals surface area contributed by atoms with E-state index >= 15 is 0 Å². The minimum Gasteiger partial charge on any atom is -0.356 e. The molecule has 2 aliphatic heterocycles. The van der Waals surface area contributed by atoms with Crippen LogP contribution in [-0.4, -0.2) is 44.3 Å². The normalized spacial score (nSPS) is 18.8. The second-order valence-electron chi connectivity index (χ2n) is 6.57. The van der Waals surface area contributed by atoms with E-state index in [1.165, 1.54) is 18.1 Å². The number of thioether (sulfide) groups is 1.